The first-order valence-corrected chi connectivity index (χ1v) is 6.64. The monoisotopic (exact) mass is 281 g/mol. The van der Waals surface area contributed by atoms with Gasteiger partial charge < -0.3 is 10.7 Å². The molecule has 0 saturated carbocycles. The van der Waals surface area contributed by atoms with Crippen LogP contribution in [-0.2, 0) is 10.2 Å². The third kappa shape index (κ3) is 1.93. The highest BCUT2D eigenvalue weighted by atomic mass is 32.2. The Kier molecular flexibility index (Phi) is 2.32. The van der Waals surface area contributed by atoms with Crippen LogP contribution in [0.5, 0.6) is 0 Å². The fourth-order valence-electron chi connectivity index (χ4n) is 1.73. The van der Waals surface area contributed by atoms with Crippen LogP contribution in [0.3, 0.4) is 0 Å². The van der Waals surface area contributed by atoms with Crippen molar-refractivity contribution in [1.29, 1.82) is 0 Å². The van der Waals surface area contributed by atoms with E-state index in [1.807, 2.05) is 0 Å². The van der Waals surface area contributed by atoms with Crippen LogP contribution in [-0.4, -0.2) is 24.2 Å². The van der Waals surface area contributed by atoms with Gasteiger partial charge in [0.05, 0.1) is 5.56 Å². The molecule has 1 aliphatic heterocycles. The summed E-state index contributed by atoms with van der Waals surface area (Å²) in [5.74, 6) is -0.521. The number of nitrogens with two attached hydrogens (primary N) is 1. The van der Waals surface area contributed by atoms with Crippen molar-refractivity contribution in [2.75, 3.05) is 4.72 Å². The minimum atomic E-state index is -3.89. The van der Waals surface area contributed by atoms with Gasteiger partial charge in [0, 0.05) is 0 Å². The van der Waals surface area contributed by atoms with Gasteiger partial charge in [-0.15, -0.1) is 4.40 Å². The van der Waals surface area contributed by atoms with Crippen molar-refractivity contribution >= 4 is 21.9 Å². The topological polar surface area (TPSA) is 113 Å². The van der Waals surface area contributed by atoms with Gasteiger partial charge in [0.2, 0.25) is 0 Å². The summed E-state index contributed by atoms with van der Waals surface area (Å²) in [6.07, 6.45) is 0. The number of amidine groups is 1. The Bertz CT molecular complexity index is 796. The molecular weight excluding hydrogens is 273 g/mol. The second-order valence-corrected chi connectivity index (χ2v) is 5.18. The number of rotatable bonds is 1. The lowest BCUT2D eigenvalue weighted by atomic mass is 10.2. The maximum absolute atomic E-state index is 13.6. The van der Waals surface area contributed by atoms with Crippen LogP contribution in [0.15, 0.2) is 28.7 Å². The van der Waals surface area contributed by atoms with E-state index in [0.29, 0.717) is 0 Å². The Morgan fingerprint density at radius 1 is 1.26 bits per heavy atom. The molecule has 98 valence electrons. The number of benzene rings is 1. The minimum absolute atomic E-state index is 0.00533. The molecule has 4 N–H and O–H groups in total. The number of hydrogen-bond acceptors (Lipinski definition) is 4. The molecule has 0 radical (unpaired) electrons. The lowest BCUT2D eigenvalue weighted by Gasteiger charge is -2.08. The van der Waals surface area contributed by atoms with Gasteiger partial charge in [-0.1, -0.05) is 12.1 Å². The number of anilines is 1. The Balaban J connectivity index is 2.16. The van der Waals surface area contributed by atoms with Gasteiger partial charge in [-0.2, -0.15) is 8.42 Å². The Morgan fingerprint density at radius 2 is 2.00 bits per heavy atom. The number of halogens is 1. The molecule has 1 aromatic heterocycles. The number of hydrogen-bond donors (Lipinski definition) is 3. The standard InChI is InChI=1S/C10H8FN5O2S/c11-6-4-2-1-3-5(6)9-13-7-8(12)15-19(17,18)16-10(7)14-9/h1-4,16H,(H2,12,15)(H,13,14). The van der Waals surface area contributed by atoms with Crippen LogP contribution < -0.4 is 10.5 Å². The zero-order valence-electron chi connectivity index (χ0n) is 9.38. The Labute approximate surface area is 107 Å². The summed E-state index contributed by atoms with van der Waals surface area (Å²) >= 11 is 0. The molecule has 1 aliphatic rings. The molecule has 0 amide bonds. The number of fused-ring (bicyclic) bond motifs is 1. The summed E-state index contributed by atoms with van der Waals surface area (Å²) in [6.45, 7) is 0. The van der Waals surface area contributed by atoms with Crippen LogP contribution in [0.1, 0.15) is 5.69 Å². The van der Waals surface area contributed by atoms with Crippen molar-refractivity contribution in [3.63, 3.8) is 0 Å². The van der Waals surface area contributed by atoms with Crippen molar-refractivity contribution in [2.24, 2.45) is 10.1 Å². The molecule has 0 unspecified atom stereocenters. The largest absolute Gasteiger partial charge is 0.381 e. The van der Waals surface area contributed by atoms with Crippen LogP contribution in [0, 0.1) is 5.82 Å². The summed E-state index contributed by atoms with van der Waals surface area (Å²) < 4.78 is 41.7. The van der Waals surface area contributed by atoms with E-state index in [1.54, 1.807) is 12.1 Å². The third-order valence-corrected chi connectivity index (χ3v) is 3.42. The smallest absolute Gasteiger partial charge is 0.345 e. The van der Waals surface area contributed by atoms with Gasteiger partial charge in [-0.3, -0.25) is 0 Å². The first kappa shape index (κ1) is 11.7. The molecule has 2 heterocycles. The predicted octanol–water partition coefficient (Wildman–Crippen LogP) is 0.591. The lowest BCUT2D eigenvalue weighted by molar-refractivity contribution is 0.602. The van der Waals surface area contributed by atoms with Crippen molar-refractivity contribution in [1.82, 2.24) is 9.97 Å². The quantitative estimate of drug-likeness (QED) is 0.709. The molecule has 0 bridgehead atoms. The molecule has 19 heavy (non-hydrogen) atoms. The molecule has 2 aromatic rings. The third-order valence-electron chi connectivity index (χ3n) is 2.53. The molecular formula is C10H8FN5O2S. The van der Waals surface area contributed by atoms with E-state index in [-0.39, 0.29) is 28.7 Å². The van der Waals surface area contributed by atoms with Crippen LogP contribution >= 0.6 is 0 Å². The van der Waals surface area contributed by atoms with Crippen molar-refractivity contribution in [3.05, 3.63) is 35.8 Å². The fourth-order valence-corrected chi connectivity index (χ4v) is 2.52. The number of nitrogens with one attached hydrogen (secondary N) is 2. The van der Waals surface area contributed by atoms with E-state index in [0.717, 1.165) is 0 Å². The maximum atomic E-state index is 13.6. The first-order valence-electron chi connectivity index (χ1n) is 5.20. The number of aromatic nitrogens is 2. The normalized spacial score (nSPS) is 16.4. The molecule has 7 nitrogen and oxygen atoms in total. The highest BCUT2D eigenvalue weighted by Crippen LogP contribution is 2.26. The van der Waals surface area contributed by atoms with Crippen LogP contribution in [0.25, 0.3) is 11.4 Å². The number of H-pyrrole nitrogens is 1. The molecule has 0 spiro atoms. The van der Waals surface area contributed by atoms with E-state index in [2.05, 4.69) is 19.1 Å². The predicted molar refractivity (Wildman–Crippen MR) is 67.2 cm³/mol. The fraction of sp³-hybridized carbons (Fsp3) is 0. The molecule has 3 rings (SSSR count). The van der Waals surface area contributed by atoms with E-state index in [9.17, 15) is 12.8 Å². The molecule has 0 aliphatic carbocycles. The number of nitrogens with zero attached hydrogens (tertiary/aromatic N) is 2. The van der Waals surface area contributed by atoms with Crippen molar-refractivity contribution in [2.45, 2.75) is 0 Å². The van der Waals surface area contributed by atoms with Crippen LogP contribution in [0.2, 0.25) is 0 Å². The lowest BCUT2D eigenvalue weighted by Crippen LogP contribution is -2.26. The van der Waals surface area contributed by atoms with Crippen LogP contribution in [0.4, 0.5) is 10.2 Å². The van der Waals surface area contributed by atoms with Gasteiger partial charge in [0.25, 0.3) is 0 Å². The average Bonchev–Trinajstić information content (AvgIpc) is 2.71. The second-order valence-electron chi connectivity index (χ2n) is 3.84. The number of aromatic amines is 1. The summed E-state index contributed by atoms with van der Waals surface area (Å²) in [5.41, 5.74) is 5.95. The Morgan fingerprint density at radius 3 is 2.74 bits per heavy atom. The summed E-state index contributed by atoms with van der Waals surface area (Å²) in [6, 6.07) is 5.97. The molecule has 0 fully saturated rings. The minimum Gasteiger partial charge on any atom is -0.381 e. The van der Waals surface area contributed by atoms with E-state index in [1.165, 1.54) is 12.1 Å². The maximum Gasteiger partial charge on any atom is 0.345 e. The SMILES string of the molecule is NC1=NS(=O)(=O)Nc2nc(-c3ccccc3F)[nH]c21. The summed E-state index contributed by atoms with van der Waals surface area (Å²) in [5, 5.41) is 0. The Hall–Kier alpha value is -2.42. The molecule has 0 atom stereocenters. The zero-order chi connectivity index (χ0) is 13.6. The summed E-state index contributed by atoms with van der Waals surface area (Å²) in [7, 11) is -3.89. The van der Waals surface area contributed by atoms with Crippen molar-refractivity contribution < 1.29 is 12.8 Å². The highest BCUT2D eigenvalue weighted by Gasteiger charge is 2.25. The van der Waals surface area contributed by atoms with E-state index >= 15 is 0 Å². The van der Waals surface area contributed by atoms with Gasteiger partial charge in [-0.05, 0) is 12.1 Å². The van der Waals surface area contributed by atoms with Gasteiger partial charge in [-0.25, -0.2) is 14.1 Å². The number of imidazole rings is 1. The van der Waals surface area contributed by atoms with E-state index in [4.69, 9.17) is 5.73 Å². The van der Waals surface area contributed by atoms with Gasteiger partial charge in [0.15, 0.2) is 11.7 Å². The van der Waals surface area contributed by atoms with E-state index < -0.39 is 16.0 Å². The van der Waals surface area contributed by atoms with Gasteiger partial charge >= 0.3 is 10.2 Å². The second kappa shape index (κ2) is 3.79. The molecule has 1 aromatic carbocycles. The van der Waals surface area contributed by atoms with Crippen molar-refractivity contribution in [3.8, 4) is 11.4 Å². The zero-order valence-corrected chi connectivity index (χ0v) is 10.2. The first-order chi connectivity index (χ1) is 8.96. The highest BCUT2D eigenvalue weighted by molar-refractivity contribution is 7.91. The summed E-state index contributed by atoms with van der Waals surface area (Å²) in [4.78, 5) is 6.73. The average molecular weight is 281 g/mol. The molecule has 9 heteroatoms. The molecule has 0 saturated heterocycles. The van der Waals surface area contributed by atoms with Gasteiger partial charge in [0.1, 0.15) is 17.3 Å².